The van der Waals surface area contributed by atoms with Crippen LogP contribution in [-0.4, -0.2) is 31.1 Å². The third-order valence-corrected chi connectivity index (χ3v) is 2.96. The predicted octanol–water partition coefficient (Wildman–Crippen LogP) is 1.85. The third kappa shape index (κ3) is 4.10. The average molecular weight is 184 g/mol. The Morgan fingerprint density at radius 2 is 2.08 bits per heavy atom. The molecule has 13 heavy (non-hydrogen) atoms. The van der Waals surface area contributed by atoms with E-state index in [9.17, 15) is 0 Å². The number of hydrogen-bond donors (Lipinski definition) is 1. The van der Waals surface area contributed by atoms with Crippen molar-refractivity contribution in [3.05, 3.63) is 0 Å². The van der Waals surface area contributed by atoms with Crippen molar-refractivity contribution in [3.8, 4) is 0 Å². The lowest BCUT2D eigenvalue weighted by Crippen LogP contribution is -2.34. The van der Waals surface area contributed by atoms with Gasteiger partial charge in [-0.15, -0.1) is 0 Å². The first-order chi connectivity index (χ1) is 6.36. The van der Waals surface area contributed by atoms with Crippen molar-refractivity contribution < 1.29 is 0 Å². The molecule has 0 heterocycles. The van der Waals surface area contributed by atoms with Gasteiger partial charge < -0.3 is 10.6 Å². The van der Waals surface area contributed by atoms with Crippen LogP contribution in [0, 0.1) is 5.92 Å². The molecule has 1 fully saturated rings. The van der Waals surface area contributed by atoms with Gasteiger partial charge in [-0.1, -0.05) is 13.3 Å². The zero-order valence-corrected chi connectivity index (χ0v) is 8.97. The Kier molecular flexibility index (Phi) is 5.40. The van der Waals surface area contributed by atoms with Gasteiger partial charge in [-0.25, -0.2) is 0 Å². The maximum atomic E-state index is 5.52. The van der Waals surface area contributed by atoms with Gasteiger partial charge in [-0.2, -0.15) is 0 Å². The molecule has 2 heteroatoms. The fourth-order valence-electron chi connectivity index (χ4n) is 1.97. The van der Waals surface area contributed by atoms with E-state index in [1.165, 1.54) is 45.3 Å². The number of nitrogens with zero attached hydrogens (tertiary/aromatic N) is 1. The molecule has 0 bridgehead atoms. The minimum absolute atomic E-state index is 0.838. The summed E-state index contributed by atoms with van der Waals surface area (Å²) in [4.78, 5) is 2.59. The molecule has 2 N–H and O–H groups in total. The first kappa shape index (κ1) is 11.0. The third-order valence-electron chi connectivity index (χ3n) is 2.96. The van der Waals surface area contributed by atoms with Gasteiger partial charge in [0, 0.05) is 6.54 Å². The van der Waals surface area contributed by atoms with Crippen molar-refractivity contribution in [1.82, 2.24) is 4.90 Å². The summed E-state index contributed by atoms with van der Waals surface area (Å²) in [7, 11) is 0. The van der Waals surface area contributed by atoms with Crippen molar-refractivity contribution in [2.24, 2.45) is 11.7 Å². The topological polar surface area (TPSA) is 29.3 Å². The molecule has 78 valence electrons. The molecule has 1 rings (SSSR count). The molecule has 0 aromatic rings. The van der Waals surface area contributed by atoms with Crippen LogP contribution >= 0.6 is 0 Å². The van der Waals surface area contributed by atoms with Crippen molar-refractivity contribution in [3.63, 3.8) is 0 Å². The monoisotopic (exact) mass is 184 g/mol. The van der Waals surface area contributed by atoms with E-state index in [0.29, 0.717) is 0 Å². The zero-order chi connectivity index (χ0) is 9.52. The van der Waals surface area contributed by atoms with E-state index in [2.05, 4.69) is 11.8 Å². The second kappa shape index (κ2) is 6.39. The molecule has 0 aromatic carbocycles. The summed E-state index contributed by atoms with van der Waals surface area (Å²) in [6.45, 7) is 6.90. The van der Waals surface area contributed by atoms with Crippen molar-refractivity contribution in [2.75, 3.05) is 26.2 Å². The van der Waals surface area contributed by atoms with Crippen molar-refractivity contribution in [2.45, 2.75) is 39.0 Å². The van der Waals surface area contributed by atoms with Gasteiger partial charge in [-0.3, -0.25) is 0 Å². The molecule has 0 amide bonds. The van der Waals surface area contributed by atoms with E-state index in [-0.39, 0.29) is 0 Å². The van der Waals surface area contributed by atoms with Crippen LogP contribution in [0.5, 0.6) is 0 Å². The summed E-state index contributed by atoms with van der Waals surface area (Å²) in [6.07, 6.45) is 6.82. The number of rotatable bonds is 7. The predicted molar refractivity (Wildman–Crippen MR) is 57.7 cm³/mol. The summed E-state index contributed by atoms with van der Waals surface area (Å²) < 4.78 is 0. The van der Waals surface area contributed by atoms with Crippen LogP contribution in [0.25, 0.3) is 0 Å². The second-order valence-electron chi connectivity index (χ2n) is 4.24. The highest BCUT2D eigenvalue weighted by Gasteiger charge is 2.19. The summed E-state index contributed by atoms with van der Waals surface area (Å²) in [5.74, 6) is 1.00. The standard InChI is InChI=1S/C11H24N2/c1-2-8-13(9-4-7-12)10-11-5-3-6-11/h11H,2-10,12H2,1H3. The molecule has 0 aliphatic heterocycles. The van der Waals surface area contributed by atoms with Gasteiger partial charge in [-0.05, 0) is 51.2 Å². The Hall–Kier alpha value is -0.0800. The van der Waals surface area contributed by atoms with Crippen molar-refractivity contribution >= 4 is 0 Å². The van der Waals surface area contributed by atoms with Gasteiger partial charge in [0.2, 0.25) is 0 Å². The number of hydrogen-bond acceptors (Lipinski definition) is 2. The van der Waals surface area contributed by atoms with Crippen molar-refractivity contribution in [1.29, 1.82) is 0 Å². The summed E-state index contributed by atoms with van der Waals surface area (Å²) in [6, 6.07) is 0. The van der Waals surface area contributed by atoms with Gasteiger partial charge >= 0.3 is 0 Å². The molecule has 2 nitrogen and oxygen atoms in total. The smallest absolute Gasteiger partial charge is 0.000966 e. The summed E-state index contributed by atoms with van der Waals surface area (Å²) >= 11 is 0. The lowest BCUT2D eigenvalue weighted by atomic mass is 9.85. The fraction of sp³-hybridized carbons (Fsp3) is 1.00. The van der Waals surface area contributed by atoms with Gasteiger partial charge in [0.1, 0.15) is 0 Å². The van der Waals surface area contributed by atoms with Crippen LogP contribution < -0.4 is 5.73 Å². The minimum Gasteiger partial charge on any atom is -0.330 e. The van der Waals surface area contributed by atoms with E-state index in [0.717, 1.165) is 18.9 Å². The fourth-order valence-corrected chi connectivity index (χ4v) is 1.97. The normalized spacial score (nSPS) is 17.8. The number of nitrogens with two attached hydrogens (primary N) is 1. The molecule has 0 radical (unpaired) electrons. The molecule has 1 saturated carbocycles. The molecule has 0 saturated heterocycles. The Labute approximate surface area is 82.5 Å². The minimum atomic E-state index is 0.838. The zero-order valence-electron chi connectivity index (χ0n) is 8.97. The second-order valence-corrected chi connectivity index (χ2v) is 4.24. The average Bonchev–Trinajstić information content (AvgIpc) is 2.07. The SMILES string of the molecule is CCCN(CCCN)CC1CCC1. The Bertz CT molecular complexity index is 121. The van der Waals surface area contributed by atoms with Crippen LogP contribution in [0.3, 0.4) is 0 Å². The molecule has 0 atom stereocenters. The Balaban J connectivity index is 2.11. The Morgan fingerprint density at radius 3 is 2.54 bits per heavy atom. The van der Waals surface area contributed by atoms with Crippen LogP contribution in [0.1, 0.15) is 39.0 Å². The quantitative estimate of drug-likeness (QED) is 0.654. The lowest BCUT2D eigenvalue weighted by molar-refractivity contribution is 0.177. The highest BCUT2D eigenvalue weighted by atomic mass is 15.1. The highest BCUT2D eigenvalue weighted by molar-refractivity contribution is 4.73. The lowest BCUT2D eigenvalue weighted by Gasteiger charge is -2.32. The molecule has 0 aromatic heterocycles. The van der Waals surface area contributed by atoms with E-state index in [1.54, 1.807) is 0 Å². The molecule has 0 unspecified atom stereocenters. The van der Waals surface area contributed by atoms with Crippen LogP contribution in [0.4, 0.5) is 0 Å². The maximum absolute atomic E-state index is 5.52. The first-order valence-electron chi connectivity index (χ1n) is 5.79. The largest absolute Gasteiger partial charge is 0.330 e. The Morgan fingerprint density at radius 1 is 1.31 bits per heavy atom. The molecule has 1 aliphatic carbocycles. The van der Waals surface area contributed by atoms with E-state index in [1.807, 2.05) is 0 Å². The summed E-state index contributed by atoms with van der Waals surface area (Å²) in [5, 5.41) is 0. The van der Waals surface area contributed by atoms with Gasteiger partial charge in [0.25, 0.3) is 0 Å². The maximum Gasteiger partial charge on any atom is 0.000966 e. The van der Waals surface area contributed by atoms with Crippen LogP contribution in [0.2, 0.25) is 0 Å². The van der Waals surface area contributed by atoms with Gasteiger partial charge in [0.05, 0.1) is 0 Å². The van der Waals surface area contributed by atoms with E-state index < -0.39 is 0 Å². The molecular weight excluding hydrogens is 160 g/mol. The highest BCUT2D eigenvalue weighted by Crippen LogP contribution is 2.27. The van der Waals surface area contributed by atoms with Crippen LogP contribution in [0.15, 0.2) is 0 Å². The van der Waals surface area contributed by atoms with E-state index in [4.69, 9.17) is 5.73 Å². The van der Waals surface area contributed by atoms with Gasteiger partial charge in [0.15, 0.2) is 0 Å². The molecular formula is C11H24N2. The summed E-state index contributed by atoms with van der Waals surface area (Å²) in [5.41, 5.74) is 5.52. The van der Waals surface area contributed by atoms with E-state index >= 15 is 0 Å². The first-order valence-corrected chi connectivity index (χ1v) is 5.79. The molecule has 1 aliphatic rings. The van der Waals surface area contributed by atoms with Crippen LogP contribution in [-0.2, 0) is 0 Å². The molecule has 0 spiro atoms.